The number of aliphatic hydroxyl groups excluding tert-OH is 1. The van der Waals surface area contributed by atoms with Crippen LogP contribution in [0.15, 0.2) is 54.6 Å². The van der Waals surface area contributed by atoms with Gasteiger partial charge in [0.2, 0.25) is 10.0 Å². The van der Waals surface area contributed by atoms with E-state index in [4.69, 9.17) is 4.74 Å². The fourth-order valence-corrected chi connectivity index (χ4v) is 4.20. The Morgan fingerprint density at radius 1 is 1.03 bits per heavy atom. The number of sulfonamides is 1. The minimum absolute atomic E-state index is 0.0550. The van der Waals surface area contributed by atoms with Crippen molar-refractivity contribution in [3.05, 3.63) is 71.3 Å². The number of hydrogen-bond acceptors (Lipinski definition) is 4. The molecule has 0 unspecified atom stereocenters. The van der Waals surface area contributed by atoms with E-state index >= 15 is 0 Å². The SMILES string of the molecule is CC(C)OCCS(=O)(=O)N(Cc1ccccc1)C[C@@H](O)c1ccccc1C(F)(F)F. The molecule has 5 nitrogen and oxygen atoms in total. The molecule has 0 fully saturated rings. The van der Waals surface area contributed by atoms with E-state index < -0.39 is 34.4 Å². The van der Waals surface area contributed by atoms with E-state index in [0.717, 1.165) is 16.4 Å². The van der Waals surface area contributed by atoms with Crippen molar-refractivity contribution in [3.8, 4) is 0 Å². The molecule has 0 bridgehead atoms. The predicted octanol–water partition coefficient (Wildman–Crippen LogP) is 4.00. The van der Waals surface area contributed by atoms with Crippen LogP contribution in [-0.2, 0) is 27.5 Å². The second-order valence-electron chi connectivity index (χ2n) is 7.11. The molecule has 1 atom stereocenters. The van der Waals surface area contributed by atoms with Crippen LogP contribution in [0.5, 0.6) is 0 Å². The van der Waals surface area contributed by atoms with E-state index in [2.05, 4.69) is 0 Å². The maximum atomic E-state index is 13.3. The lowest BCUT2D eigenvalue weighted by molar-refractivity contribution is -0.139. The lowest BCUT2D eigenvalue weighted by Gasteiger charge is -2.26. The molecule has 0 aliphatic rings. The van der Waals surface area contributed by atoms with Crippen LogP contribution < -0.4 is 0 Å². The number of nitrogens with zero attached hydrogens (tertiary/aromatic N) is 1. The highest BCUT2D eigenvalue weighted by atomic mass is 32.2. The van der Waals surface area contributed by atoms with Gasteiger partial charge in [-0.3, -0.25) is 0 Å². The van der Waals surface area contributed by atoms with E-state index in [1.54, 1.807) is 44.2 Å². The van der Waals surface area contributed by atoms with Gasteiger partial charge >= 0.3 is 6.18 Å². The Kier molecular flexibility index (Phi) is 8.42. The van der Waals surface area contributed by atoms with Crippen molar-refractivity contribution in [1.82, 2.24) is 4.31 Å². The van der Waals surface area contributed by atoms with Gasteiger partial charge in [-0.05, 0) is 31.0 Å². The van der Waals surface area contributed by atoms with Crippen molar-refractivity contribution in [2.45, 2.75) is 38.8 Å². The molecular weight excluding hydrogens is 419 g/mol. The number of rotatable bonds is 10. The number of halogens is 3. The summed E-state index contributed by atoms with van der Waals surface area (Å²) in [5, 5.41) is 10.6. The first kappa shape index (κ1) is 24.3. The first-order valence-corrected chi connectivity index (χ1v) is 11.1. The monoisotopic (exact) mass is 445 g/mol. The second kappa shape index (κ2) is 10.4. The minimum atomic E-state index is -4.66. The molecule has 0 amide bonds. The normalized spacial score (nSPS) is 13.7. The van der Waals surface area contributed by atoms with Crippen molar-refractivity contribution < 1.29 is 31.4 Å². The molecule has 30 heavy (non-hydrogen) atoms. The zero-order chi connectivity index (χ0) is 22.4. The van der Waals surface area contributed by atoms with Crippen LogP contribution in [0.2, 0.25) is 0 Å². The highest BCUT2D eigenvalue weighted by molar-refractivity contribution is 7.89. The molecule has 0 saturated carbocycles. The van der Waals surface area contributed by atoms with Gasteiger partial charge in [0.05, 0.1) is 30.1 Å². The third-order valence-electron chi connectivity index (χ3n) is 4.39. The van der Waals surface area contributed by atoms with Gasteiger partial charge in [0.1, 0.15) is 0 Å². The summed E-state index contributed by atoms with van der Waals surface area (Å²) in [5.74, 6) is -0.342. The van der Waals surface area contributed by atoms with Crippen molar-refractivity contribution in [3.63, 3.8) is 0 Å². The molecule has 1 N–H and O–H groups in total. The van der Waals surface area contributed by atoms with Gasteiger partial charge in [0.15, 0.2) is 0 Å². The summed E-state index contributed by atoms with van der Waals surface area (Å²) >= 11 is 0. The zero-order valence-corrected chi connectivity index (χ0v) is 17.7. The summed E-state index contributed by atoms with van der Waals surface area (Å²) in [5.41, 5.74) is -0.698. The zero-order valence-electron chi connectivity index (χ0n) is 16.8. The molecule has 2 aromatic rings. The van der Waals surface area contributed by atoms with Crippen LogP contribution in [-0.4, -0.2) is 42.8 Å². The lowest BCUT2D eigenvalue weighted by atomic mass is 10.0. The molecule has 0 radical (unpaired) electrons. The van der Waals surface area contributed by atoms with Crippen LogP contribution in [0.4, 0.5) is 13.2 Å². The molecule has 0 saturated heterocycles. The summed E-state index contributed by atoms with van der Waals surface area (Å²) in [6.07, 6.45) is -6.47. The van der Waals surface area contributed by atoms with E-state index in [9.17, 15) is 26.7 Å². The second-order valence-corrected chi connectivity index (χ2v) is 9.20. The molecule has 0 spiro atoms. The molecule has 0 aliphatic carbocycles. The topological polar surface area (TPSA) is 66.8 Å². The Labute approximate surface area is 175 Å². The molecule has 166 valence electrons. The Morgan fingerprint density at radius 3 is 2.23 bits per heavy atom. The summed E-state index contributed by atoms with van der Waals surface area (Å²) in [6, 6.07) is 13.3. The van der Waals surface area contributed by atoms with Crippen molar-refractivity contribution in [2.24, 2.45) is 0 Å². The average Bonchev–Trinajstić information content (AvgIpc) is 2.67. The smallest absolute Gasteiger partial charge is 0.387 e. The van der Waals surface area contributed by atoms with Crippen LogP contribution in [0.3, 0.4) is 0 Å². The molecule has 9 heteroatoms. The number of alkyl halides is 3. The van der Waals surface area contributed by atoms with Crippen LogP contribution in [0, 0.1) is 0 Å². The Balaban J connectivity index is 2.29. The van der Waals surface area contributed by atoms with Gasteiger partial charge in [-0.2, -0.15) is 17.5 Å². The van der Waals surface area contributed by atoms with Gasteiger partial charge in [-0.15, -0.1) is 0 Å². The van der Waals surface area contributed by atoms with E-state index in [1.165, 1.54) is 12.1 Å². The summed E-state index contributed by atoms with van der Waals surface area (Å²) < 4.78 is 72.0. The average molecular weight is 446 g/mol. The Hall–Kier alpha value is -1.94. The van der Waals surface area contributed by atoms with Gasteiger partial charge in [-0.25, -0.2) is 8.42 Å². The molecular formula is C21H26F3NO4S. The summed E-state index contributed by atoms with van der Waals surface area (Å²) in [6.45, 7) is 2.90. The van der Waals surface area contributed by atoms with Crippen molar-refractivity contribution in [2.75, 3.05) is 18.9 Å². The highest BCUT2D eigenvalue weighted by Gasteiger charge is 2.36. The minimum Gasteiger partial charge on any atom is -0.387 e. The largest absolute Gasteiger partial charge is 0.416 e. The van der Waals surface area contributed by atoms with Gasteiger partial charge in [0.25, 0.3) is 0 Å². The molecule has 2 rings (SSSR count). The first-order valence-electron chi connectivity index (χ1n) is 9.48. The number of aliphatic hydroxyl groups is 1. The van der Waals surface area contributed by atoms with Gasteiger partial charge in [-0.1, -0.05) is 48.5 Å². The molecule has 0 aliphatic heterocycles. The van der Waals surface area contributed by atoms with Gasteiger partial charge < -0.3 is 9.84 Å². The third kappa shape index (κ3) is 7.09. The summed E-state index contributed by atoms with van der Waals surface area (Å²) in [7, 11) is -3.90. The summed E-state index contributed by atoms with van der Waals surface area (Å²) in [4.78, 5) is 0. The van der Waals surface area contributed by atoms with Crippen molar-refractivity contribution >= 4 is 10.0 Å². The maximum Gasteiger partial charge on any atom is 0.416 e. The van der Waals surface area contributed by atoms with Crippen LogP contribution in [0.25, 0.3) is 0 Å². The highest BCUT2D eigenvalue weighted by Crippen LogP contribution is 2.35. The van der Waals surface area contributed by atoms with Gasteiger partial charge in [0, 0.05) is 13.1 Å². The standard InChI is InChI=1S/C21H26F3NO4S/c1-16(2)29-12-13-30(27,28)25(14-17-8-4-3-5-9-17)15-20(26)18-10-6-7-11-19(18)21(22,23)24/h3-11,16,20,26H,12-15H2,1-2H3/t20-/m1/s1. The molecule has 2 aromatic carbocycles. The fourth-order valence-electron chi connectivity index (χ4n) is 2.92. The Morgan fingerprint density at radius 2 is 1.63 bits per heavy atom. The van der Waals surface area contributed by atoms with E-state index in [-0.39, 0.29) is 30.6 Å². The van der Waals surface area contributed by atoms with Crippen LogP contribution in [0.1, 0.15) is 36.6 Å². The lowest BCUT2D eigenvalue weighted by Crippen LogP contribution is -2.37. The number of ether oxygens (including phenoxy) is 1. The maximum absolute atomic E-state index is 13.3. The van der Waals surface area contributed by atoms with E-state index in [1.807, 2.05) is 0 Å². The first-order chi connectivity index (χ1) is 14.0. The quantitative estimate of drug-likeness (QED) is 0.601. The van der Waals surface area contributed by atoms with Crippen molar-refractivity contribution in [1.29, 1.82) is 0 Å². The number of hydrogen-bond donors (Lipinski definition) is 1. The molecule has 0 aromatic heterocycles. The fraction of sp³-hybridized carbons (Fsp3) is 0.429. The van der Waals surface area contributed by atoms with E-state index in [0.29, 0.717) is 5.56 Å². The molecule has 0 heterocycles. The number of benzene rings is 2. The predicted molar refractivity (Wildman–Crippen MR) is 108 cm³/mol. The third-order valence-corrected chi connectivity index (χ3v) is 6.14. The Bertz CT molecular complexity index is 902. The van der Waals surface area contributed by atoms with Crippen LogP contribution >= 0.6 is 0 Å².